The van der Waals surface area contributed by atoms with E-state index in [1.807, 2.05) is 13.0 Å². The van der Waals surface area contributed by atoms with Crippen molar-refractivity contribution in [1.82, 2.24) is 20.0 Å². The number of carbonyl (C=O) groups is 1. The molecule has 2 aromatic rings. The Morgan fingerprint density at radius 2 is 1.96 bits per heavy atom. The minimum atomic E-state index is -0.125. The molecule has 2 aromatic carbocycles. The van der Waals surface area contributed by atoms with Gasteiger partial charge in [-0.2, -0.15) is 5.48 Å². The number of rotatable bonds is 4. The standard InChI is InChI=1S/C39H54ClN5O3S/c1-26-7-5-9-36(48-41-28(3)44-19-17-43(4)18-20-44)33-13-10-30(33)23-45-24-39(16-6-8-29-21-31(40)11-14-34(29)39)25-47-37-15-12-32(22-35(37)45)49-42-38(46)27(26)2/h5,9,11-12,14-15,21-22,26-28,30,33,36,41H,6-8,10,13,16-20,23-25H2,1-4H3,(H,42,46)/b9-5+/t26?,27?,28?,30?,33?,36?,39-/m0/s1. The summed E-state index contributed by atoms with van der Waals surface area (Å²) < 4.78 is 9.91. The van der Waals surface area contributed by atoms with Crippen LogP contribution < -0.4 is 19.8 Å². The lowest BCUT2D eigenvalue weighted by Gasteiger charge is -2.46. The van der Waals surface area contributed by atoms with E-state index in [4.69, 9.17) is 21.2 Å². The molecule has 1 spiro atoms. The number of aryl methyl sites for hydroxylation is 1. The maximum Gasteiger partial charge on any atom is 0.233 e. The SMILES string of the molecule is CC1C/C=C/C(ONC(C)N2CCN(C)CC2)C2CCC2CN2C[C@@]3(CCCc4cc(Cl)ccc43)COc3ccc(cc32)SNC(=O)C1C. The lowest BCUT2D eigenvalue weighted by Crippen LogP contribution is -2.54. The Labute approximate surface area is 302 Å². The molecule has 3 heterocycles. The van der Waals surface area contributed by atoms with Crippen molar-refractivity contribution in [2.24, 2.45) is 23.7 Å². The molecule has 3 aliphatic heterocycles. The zero-order valence-electron chi connectivity index (χ0n) is 29.6. The van der Waals surface area contributed by atoms with Gasteiger partial charge in [0.05, 0.1) is 18.5 Å². The lowest BCUT2D eigenvalue weighted by molar-refractivity contribution is -0.123. The molecule has 0 aromatic heterocycles. The molecule has 1 saturated carbocycles. The molecule has 7 rings (SSSR count). The molecular weight excluding hydrogens is 654 g/mol. The molecule has 1 amide bonds. The van der Waals surface area contributed by atoms with Crippen molar-refractivity contribution >= 4 is 35.1 Å². The fourth-order valence-electron chi connectivity index (χ4n) is 8.52. The van der Waals surface area contributed by atoms with Crippen LogP contribution in [0.15, 0.2) is 53.4 Å². The first-order valence-corrected chi connectivity index (χ1v) is 19.7. The third-order valence-electron chi connectivity index (χ3n) is 12.2. The first-order chi connectivity index (χ1) is 23.7. The van der Waals surface area contributed by atoms with Gasteiger partial charge in [0, 0.05) is 60.5 Å². The Morgan fingerprint density at radius 3 is 2.76 bits per heavy atom. The third kappa shape index (κ3) is 7.68. The van der Waals surface area contributed by atoms with E-state index in [-0.39, 0.29) is 35.4 Å². The molecule has 6 unspecified atom stereocenters. The number of nitrogens with zero attached hydrogens (tertiary/aromatic N) is 3. The predicted molar refractivity (Wildman–Crippen MR) is 199 cm³/mol. The van der Waals surface area contributed by atoms with Crippen LogP contribution in [-0.2, 0) is 21.5 Å². The number of piperazine rings is 1. The van der Waals surface area contributed by atoms with Gasteiger partial charge >= 0.3 is 0 Å². The number of hydrogen-bond donors (Lipinski definition) is 2. The van der Waals surface area contributed by atoms with Gasteiger partial charge in [-0.25, -0.2) is 0 Å². The number of hydrogen-bond acceptors (Lipinski definition) is 8. The van der Waals surface area contributed by atoms with Crippen LogP contribution in [0.1, 0.15) is 64.0 Å². The van der Waals surface area contributed by atoms with E-state index in [2.05, 4.69) is 88.3 Å². The second-order valence-electron chi connectivity index (χ2n) is 15.4. The number of ether oxygens (including phenoxy) is 1. The van der Waals surface area contributed by atoms with Crippen molar-refractivity contribution in [3.63, 3.8) is 0 Å². The van der Waals surface area contributed by atoms with Crippen LogP contribution in [0.5, 0.6) is 5.75 Å². The molecule has 5 aliphatic rings. The van der Waals surface area contributed by atoms with E-state index in [0.29, 0.717) is 18.4 Å². The highest BCUT2D eigenvalue weighted by molar-refractivity contribution is 7.98. The normalized spacial score (nSPS) is 32.6. The summed E-state index contributed by atoms with van der Waals surface area (Å²) in [6, 6.07) is 12.9. The summed E-state index contributed by atoms with van der Waals surface area (Å²) in [6.07, 6.45) is 11.0. The maximum absolute atomic E-state index is 13.3. The fraction of sp³-hybridized carbons (Fsp3) is 0.615. The molecular formula is C39H54ClN5O3S. The van der Waals surface area contributed by atoms with Crippen molar-refractivity contribution in [3.05, 3.63) is 64.7 Å². The zero-order valence-corrected chi connectivity index (χ0v) is 31.2. The van der Waals surface area contributed by atoms with Crippen molar-refractivity contribution in [2.75, 3.05) is 57.8 Å². The molecule has 2 fully saturated rings. The number of anilines is 1. The van der Waals surface area contributed by atoms with E-state index >= 15 is 0 Å². The summed E-state index contributed by atoms with van der Waals surface area (Å²) in [4.78, 5) is 28.4. The largest absolute Gasteiger partial charge is 0.490 e. The molecule has 0 radical (unpaired) electrons. The van der Waals surface area contributed by atoms with Gasteiger partial charge in [-0.05, 0) is 124 Å². The first kappa shape index (κ1) is 35.1. The van der Waals surface area contributed by atoms with Crippen molar-refractivity contribution < 1.29 is 14.4 Å². The van der Waals surface area contributed by atoms with Crippen LogP contribution in [0.3, 0.4) is 0 Å². The van der Waals surface area contributed by atoms with Gasteiger partial charge in [-0.3, -0.25) is 19.3 Å². The highest BCUT2D eigenvalue weighted by Gasteiger charge is 2.44. The minimum Gasteiger partial charge on any atom is -0.490 e. The van der Waals surface area contributed by atoms with Gasteiger partial charge in [0.25, 0.3) is 0 Å². The summed E-state index contributed by atoms with van der Waals surface area (Å²) in [6.45, 7) is 13.1. The summed E-state index contributed by atoms with van der Waals surface area (Å²) in [5, 5.41) is 0.804. The molecule has 2 N–H and O–H groups in total. The van der Waals surface area contributed by atoms with Crippen LogP contribution in [0.25, 0.3) is 0 Å². The summed E-state index contributed by atoms with van der Waals surface area (Å²) in [5.74, 6) is 1.95. The average molecular weight is 708 g/mol. The summed E-state index contributed by atoms with van der Waals surface area (Å²) >= 11 is 7.92. The highest BCUT2D eigenvalue weighted by atomic mass is 35.5. The Morgan fingerprint density at radius 1 is 1.12 bits per heavy atom. The maximum atomic E-state index is 13.3. The van der Waals surface area contributed by atoms with Crippen LogP contribution in [0.2, 0.25) is 5.02 Å². The molecule has 8 nitrogen and oxygen atoms in total. The Kier molecular flexibility index (Phi) is 10.9. The van der Waals surface area contributed by atoms with E-state index in [9.17, 15) is 4.79 Å². The van der Waals surface area contributed by atoms with Gasteiger partial charge in [-0.1, -0.05) is 43.7 Å². The number of nitrogens with one attached hydrogen (secondary N) is 2. The van der Waals surface area contributed by atoms with E-state index < -0.39 is 0 Å². The number of fused-ring (bicyclic) bond motifs is 4. The van der Waals surface area contributed by atoms with Crippen molar-refractivity contribution in [2.45, 2.75) is 81.9 Å². The molecule has 7 atom stereocenters. The second-order valence-corrected chi connectivity index (χ2v) is 16.8. The van der Waals surface area contributed by atoms with Crippen LogP contribution in [0.4, 0.5) is 5.69 Å². The van der Waals surface area contributed by atoms with Crippen molar-refractivity contribution in [1.29, 1.82) is 0 Å². The Balaban J connectivity index is 1.19. The van der Waals surface area contributed by atoms with E-state index in [1.165, 1.54) is 29.5 Å². The summed E-state index contributed by atoms with van der Waals surface area (Å²) in [7, 11) is 2.19. The molecule has 2 aliphatic carbocycles. The van der Waals surface area contributed by atoms with Gasteiger partial charge in [0.15, 0.2) is 0 Å². The minimum absolute atomic E-state index is 0.0472. The zero-order chi connectivity index (χ0) is 34.1. The van der Waals surface area contributed by atoms with Crippen LogP contribution in [-0.4, -0.2) is 80.9 Å². The number of benzene rings is 2. The van der Waals surface area contributed by atoms with Gasteiger partial charge < -0.3 is 14.5 Å². The lowest BCUT2D eigenvalue weighted by atomic mass is 9.68. The number of halogens is 1. The first-order valence-electron chi connectivity index (χ1n) is 18.5. The van der Waals surface area contributed by atoms with Gasteiger partial charge in [0.2, 0.25) is 5.91 Å². The molecule has 2 bridgehead atoms. The van der Waals surface area contributed by atoms with Gasteiger partial charge in [-0.15, -0.1) is 0 Å². The average Bonchev–Trinajstić information content (AvgIpc) is 3.23. The monoisotopic (exact) mass is 707 g/mol. The molecule has 10 heteroatoms. The number of hydroxylamine groups is 1. The molecule has 1 saturated heterocycles. The van der Waals surface area contributed by atoms with Crippen LogP contribution >= 0.6 is 23.5 Å². The number of likely N-dealkylation sites (N-methyl/N-ethyl adjacent to an activating group) is 1. The highest BCUT2D eigenvalue weighted by Crippen LogP contribution is 2.47. The quantitative estimate of drug-likeness (QED) is 0.207. The van der Waals surface area contributed by atoms with E-state index in [0.717, 1.165) is 92.7 Å². The molecule has 266 valence electrons. The van der Waals surface area contributed by atoms with E-state index in [1.54, 1.807) is 0 Å². The number of carbonyl (C=O) groups excluding carboxylic acids is 1. The topological polar surface area (TPSA) is 69.3 Å². The Hall–Kier alpha value is -2.27. The van der Waals surface area contributed by atoms with Gasteiger partial charge in [0.1, 0.15) is 11.9 Å². The number of amides is 1. The second kappa shape index (κ2) is 15.1. The van der Waals surface area contributed by atoms with Crippen molar-refractivity contribution in [3.8, 4) is 5.75 Å². The molecule has 49 heavy (non-hydrogen) atoms. The third-order valence-corrected chi connectivity index (χ3v) is 13.2. The summed E-state index contributed by atoms with van der Waals surface area (Å²) in [5.41, 5.74) is 7.19. The Bertz CT molecular complexity index is 1520. The van der Waals surface area contributed by atoms with Crippen LogP contribution in [0, 0.1) is 23.7 Å². The predicted octanol–water partition coefficient (Wildman–Crippen LogP) is 6.68. The number of allylic oxidation sites excluding steroid dienone is 1. The fourth-order valence-corrected chi connectivity index (χ4v) is 9.42. The smallest absolute Gasteiger partial charge is 0.233 e.